The highest BCUT2D eigenvalue weighted by Crippen LogP contribution is 2.14. The molecule has 0 aliphatic carbocycles. The van der Waals surface area contributed by atoms with Crippen molar-refractivity contribution in [2.24, 2.45) is 0 Å². The molecule has 0 aliphatic heterocycles. The van der Waals surface area contributed by atoms with E-state index in [0.717, 1.165) is 0 Å². The maximum Gasteiger partial charge on any atom is 0.251 e. The second kappa shape index (κ2) is 6.27. The molecule has 3 aromatic rings. The molecular formula is C16H14FN5O. The van der Waals surface area contributed by atoms with Gasteiger partial charge < -0.3 is 11.1 Å². The van der Waals surface area contributed by atoms with Crippen LogP contribution in [-0.4, -0.2) is 21.1 Å². The number of carbonyl (C=O) groups excluding carboxylic acids is 1. The number of halogens is 1. The normalized spacial score (nSPS) is 10.5. The third-order valence-electron chi connectivity index (χ3n) is 3.22. The van der Waals surface area contributed by atoms with Gasteiger partial charge in [-0.2, -0.15) is 5.10 Å². The fourth-order valence-corrected chi connectivity index (χ4v) is 2.00. The Balaban J connectivity index is 1.64. The van der Waals surface area contributed by atoms with Crippen LogP contribution in [0.2, 0.25) is 0 Å². The van der Waals surface area contributed by atoms with E-state index < -0.39 is 0 Å². The molecule has 4 N–H and O–H groups in total. The zero-order valence-corrected chi connectivity index (χ0v) is 12.1. The quantitative estimate of drug-likeness (QED) is 0.643. The Morgan fingerprint density at radius 2 is 1.83 bits per heavy atom. The van der Waals surface area contributed by atoms with Crippen LogP contribution in [0.4, 0.5) is 10.1 Å². The van der Waals surface area contributed by atoms with Gasteiger partial charge in [0.1, 0.15) is 11.6 Å². The molecule has 0 saturated heterocycles. The Morgan fingerprint density at radius 1 is 1.13 bits per heavy atom. The minimum Gasteiger partial charge on any atom is -0.399 e. The summed E-state index contributed by atoms with van der Waals surface area (Å²) in [7, 11) is 0. The van der Waals surface area contributed by atoms with Crippen molar-refractivity contribution in [1.29, 1.82) is 0 Å². The predicted molar refractivity (Wildman–Crippen MR) is 83.8 cm³/mol. The standard InChI is InChI=1S/C16H14FN5O/c17-12-5-1-10(2-6-12)15-20-14(21-22-15)9-19-16(23)11-3-7-13(18)8-4-11/h1-8H,9,18H2,(H,19,23)(H,20,21,22). The van der Waals surface area contributed by atoms with Crippen LogP contribution in [-0.2, 0) is 6.54 Å². The van der Waals surface area contributed by atoms with Gasteiger partial charge in [0.05, 0.1) is 6.54 Å². The lowest BCUT2D eigenvalue weighted by Gasteiger charge is -2.03. The van der Waals surface area contributed by atoms with Gasteiger partial charge in [-0.15, -0.1) is 0 Å². The van der Waals surface area contributed by atoms with E-state index in [2.05, 4.69) is 20.5 Å². The molecule has 1 amide bonds. The largest absolute Gasteiger partial charge is 0.399 e. The smallest absolute Gasteiger partial charge is 0.251 e. The van der Waals surface area contributed by atoms with Crippen LogP contribution in [0.15, 0.2) is 48.5 Å². The van der Waals surface area contributed by atoms with E-state index in [9.17, 15) is 9.18 Å². The van der Waals surface area contributed by atoms with Gasteiger partial charge in [0, 0.05) is 16.8 Å². The molecule has 0 aliphatic rings. The summed E-state index contributed by atoms with van der Waals surface area (Å²) in [6.07, 6.45) is 0. The topological polar surface area (TPSA) is 96.7 Å². The van der Waals surface area contributed by atoms with Crippen LogP contribution in [0.3, 0.4) is 0 Å². The second-order valence-electron chi connectivity index (χ2n) is 4.92. The van der Waals surface area contributed by atoms with Crippen molar-refractivity contribution < 1.29 is 9.18 Å². The summed E-state index contributed by atoms with van der Waals surface area (Å²) in [4.78, 5) is 16.3. The third-order valence-corrected chi connectivity index (χ3v) is 3.22. The monoisotopic (exact) mass is 311 g/mol. The van der Waals surface area contributed by atoms with Crippen LogP contribution in [0, 0.1) is 5.82 Å². The Bertz CT molecular complexity index is 811. The molecule has 0 fully saturated rings. The first-order chi connectivity index (χ1) is 11.1. The summed E-state index contributed by atoms with van der Waals surface area (Å²) in [5, 5.41) is 9.53. The summed E-state index contributed by atoms with van der Waals surface area (Å²) in [5.41, 5.74) is 7.38. The fourth-order valence-electron chi connectivity index (χ4n) is 2.00. The van der Waals surface area contributed by atoms with Gasteiger partial charge in [-0.05, 0) is 48.5 Å². The van der Waals surface area contributed by atoms with Crippen molar-refractivity contribution in [3.8, 4) is 11.4 Å². The number of aromatic amines is 1. The average molecular weight is 311 g/mol. The molecule has 7 heteroatoms. The number of nitrogens with one attached hydrogen (secondary N) is 2. The predicted octanol–water partition coefficient (Wildman–Crippen LogP) is 2.12. The average Bonchev–Trinajstić information content (AvgIpc) is 3.03. The molecule has 0 unspecified atom stereocenters. The van der Waals surface area contributed by atoms with Crippen molar-refractivity contribution in [2.75, 3.05) is 5.73 Å². The van der Waals surface area contributed by atoms with Gasteiger partial charge >= 0.3 is 0 Å². The lowest BCUT2D eigenvalue weighted by molar-refractivity contribution is 0.0950. The first-order valence-electron chi connectivity index (χ1n) is 6.93. The molecule has 2 aromatic carbocycles. The molecule has 1 aromatic heterocycles. The van der Waals surface area contributed by atoms with Crippen LogP contribution in [0.25, 0.3) is 11.4 Å². The summed E-state index contributed by atoms with van der Waals surface area (Å²) < 4.78 is 12.9. The number of hydrogen-bond donors (Lipinski definition) is 3. The van der Waals surface area contributed by atoms with Gasteiger partial charge in [0.2, 0.25) is 0 Å². The summed E-state index contributed by atoms with van der Waals surface area (Å²) in [6, 6.07) is 12.5. The van der Waals surface area contributed by atoms with Gasteiger partial charge in [-0.3, -0.25) is 9.89 Å². The zero-order valence-electron chi connectivity index (χ0n) is 12.1. The highest BCUT2D eigenvalue weighted by atomic mass is 19.1. The SMILES string of the molecule is Nc1ccc(C(=O)NCc2nc(-c3ccc(F)cc3)n[nH]2)cc1. The highest BCUT2D eigenvalue weighted by molar-refractivity contribution is 5.94. The number of carbonyl (C=O) groups is 1. The highest BCUT2D eigenvalue weighted by Gasteiger charge is 2.09. The number of benzene rings is 2. The molecule has 0 saturated carbocycles. The summed E-state index contributed by atoms with van der Waals surface area (Å²) in [5.74, 6) is 0.403. The van der Waals surface area contributed by atoms with E-state index in [-0.39, 0.29) is 18.3 Å². The number of rotatable bonds is 4. The van der Waals surface area contributed by atoms with E-state index >= 15 is 0 Å². The molecule has 1 heterocycles. The van der Waals surface area contributed by atoms with Crippen molar-refractivity contribution in [3.63, 3.8) is 0 Å². The number of H-pyrrole nitrogens is 1. The van der Waals surface area contributed by atoms with Crippen LogP contribution >= 0.6 is 0 Å². The number of aromatic nitrogens is 3. The van der Waals surface area contributed by atoms with Crippen molar-refractivity contribution in [2.45, 2.75) is 6.54 Å². The number of hydrogen-bond acceptors (Lipinski definition) is 4. The molecular weight excluding hydrogens is 297 g/mol. The van der Waals surface area contributed by atoms with Crippen molar-refractivity contribution >= 4 is 11.6 Å². The Kier molecular flexibility index (Phi) is 4.01. The fraction of sp³-hybridized carbons (Fsp3) is 0.0625. The maximum atomic E-state index is 12.9. The Labute approximate surface area is 131 Å². The van der Waals surface area contributed by atoms with Crippen molar-refractivity contribution in [1.82, 2.24) is 20.5 Å². The van der Waals surface area contributed by atoms with Gasteiger partial charge in [-0.1, -0.05) is 0 Å². The second-order valence-corrected chi connectivity index (χ2v) is 4.92. The van der Waals surface area contributed by atoms with Crippen LogP contribution in [0.1, 0.15) is 16.2 Å². The lowest BCUT2D eigenvalue weighted by Crippen LogP contribution is -2.23. The van der Waals surface area contributed by atoms with Gasteiger partial charge in [0.15, 0.2) is 5.82 Å². The molecule has 3 rings (SSSR count). The summed E-state index contributed by atoms with van der Waals surface area (Å²) in [6.45, 7) is 0.206. The molecule has 6 nitrogen and oxygen atoms in total. The minimum absolute atomic E-state index is 0.206. The number of amides is 1. The number of nitrogens with zero attached hydrogens (tertiary/aromatic N) is 2. The molecule has 23 heavy (non-hydrogen) atoms. The van der Waals surface area contributed by atoms with E-state index in [1.807, 2.05) is 0 Å². The number of nitrogens with two attached hydrogens (primary N) is 1. The molecule has 116 valence electrons. The first kappa shape index (κ1) is 14.7. The Hall–Kier alpha value is -3.22. The van der Waals surface area contributed by atoms with Gasteiger partial charge in [0.25, 0.3) is 5.91 Å². The first-order valence-corrected chi connectivity index (χ1v) is 6.93. The molecule has 0 atom stereocenters. The van der Waals surface area contributed by atoms with Crippen molar-refractivity contribution in [3.05, 3.63) is 65.7 Å². The number of nitrogen functional groups attached to an aromatic ring is 1. The number of anilines is 1. The third kappa shape index (κ3) is 3.52. The van der Waals surface area contributed by atoms with E-state index in [0.29, 0.717) is 28.5 Å². The maximum absolute atomic E-state index is 12.9. The van der Waals surface area contributed by atoms with E-state index in [1.54, 1.807) is 36.4 Å². The molecule has 0 radical (unpaired) electrons. The zero-order chi connectivity index (χ0) is 16.2. The van der Waals surface area contributed by atoms with Crippen LogP contribution < -0.4 is 11.1 Å². The van der Waals surface area contributed by atoms with E-state index in [1.165, 1.54) is 12.1 Å². The summed E-state index contributed by atoms with van der Waals surface area (Å²) >= 11 is 0. The molecule has 0 bridgehead atoms. The molecule has 0 spiro atoms. The minimum atomic E-state index is -0.319. The van der Waals surface area contributed by atoms with Crippen LogP contribution in [0.5, 0.6) is 0 Å². The Morgan fingerprint density at radius 3 is 2.52 bits per heavy atom. The lowest BCUT2D eigenvalue weighted by atomic mass is 10.2. The van der Waals surface area contributed by atoms with E-state index in [4.69, 9.17) is 5.73 Å². The van der Waals surface area contributed by atoms with Gasteiger partial charge in [-0.25, -0.2) is 9.37 Å².